The Morgan fingerprint density at radius 2 is 1.49 bits per heavy atom. The first kappa shape index (κ1) is 24.3. The number of hydrogen-bond acceptors (Lipinski definition) is 3. The average Bonchev–Trinajstić information content (AvgIpc) is 2.80. The van der Waals surface area contributed by atoms with Crippen molar-refractivity contribution in [3.63, 3.8) is 0 Å². The second-order valence-corrected chi connectivity index (χ2v) is 7.76. The van der Waals surface area contributed by atoms with E-state index < -0.39 is 53.1 Å². The Balaban J connectivity index is 1.81. The Labute approximate surface area is 194 Å². The van der Waals surface area contributed by atoms with E-state index in [0.29, 0.717) is 23.0 Å². The summed E-state index contributed by atoms with van der Waals surface area (Å²) in [5, 5.41) is 0.615. The lowest BCUT2D eigenvalue weighted by molar-refractivity contribution is -0.140. The summed E-state index contributed by atoms with van der Waals surface area (Å²) in [7, 11) is 0. The molecular weight excluding hydrogens is 477 g/mol. The number of alkyl halides is 6. The largest absolute Gasteiger partial charge is 0.419 e. The first-order chi connectivity index (χ1) is 16.4. The lowest BCUT2D eigenvalue weighted by Crippen LogP contribution is -2.18. The summed E-state index contributed by atoms with van der Waals surface area (Å²) < 4.78 is 94.5. The topological polar surface area (TPSA) is 42.9 Å². The Bertz CT molecular complexity index is 1400. The monoisotopic (exact) mass is 492 g/mol. The minimum Gasteiger partial charge on any atom is -0.294 e. The molecule has 2 aromatic heterocycles. The van der Waals surface area contributed by atoms with Gasteiger partial charge in [0.2, 0.25) is 0 Å². The van der Waals surface area contributed by atoms with Gasteiger partial charge in [-0.15, -0.1) is 0 Å². The van der Waals surface area contributed by atoms with E-state index >= 15 is 0 Å². The predicted molar refractivity (Wildman–Crippen MR) is 113 cm³/mol. The summed E-state index contributed by atoms with van der Waals surface area (Å²) in [6, 6.07) is 11.5. The number of pyridine rings is 2. The highest BCUT2D eigenvalue weighted by Crippen LogP contribution is 2.40. The van der Waals surface area contributed by atoms with Crippen LogP contribution in [0.4, 0.5) is 30.7 Å². The van der Waals surface area contributed by atoms with E-state index in [0.717, 1.165) is 24.4 Å². The second kappa shape index (κ2) is 9.09. The van der Waals surface area contributed by atoms with E-state index in [1.807, 2.05) is 0 Å². The first-order valence-electron chi connectivity index (χ1n) is 10.2. The van der Waals surface area contributed by atoms with E-state index in [1.165, 1.54) is 12.1 Å². The van der Waals surface area contributed by atoms with Gasteiger partial charge < -0.3 is 0 Å². The van der Waals surface area contributed by atoms with Crippen LogP contribution in [0.1, 0.15) is 45.1 Å². The molecular formula is C25H15F7N2O. The molecule has 180 valence electrons. The molecule has 0 bridgehead atoms. The number of hydrogen-bond donors (Lipinski definition) is 0. The standard InChI is InChI=1S/C25H15F7N2O/c26-20-12-14(5-7-18(20)24(27,28)29)17(23-19(25(30,31)32)4-2-10-34-23)13-22(35)16-6-8-21-15(11-16)3-1-9-33-21/h1-12,17H,13H2/t17-/m0/s1. The fraction of sp³-hybridized carbons (Fsp3) is 0.160. The van der Waals surface area contributed by atoms with Gasteiger partial charge in [-0.2, -0.15) is 26.3 Å². The van der Waals surface area contributed by atoms with Crippen LogP contribution in [0.15, 0.2) is 73.1 Å². The Morgan fingerprint density at radius 3 is 2.17 bits per heavy atom. The van der Waals surface area contributed by atoms with Crippen molar-refractivity contribution in [1.29, 1.82) is 0 Å². The molecule has 0 amide bonds. The van der Waals surface area contributed by atoms with Gasteiger partial charge in [-0.25, -0.2) is 4.39 Å². The van der Waals surface area contributed by atoms with Crippen molar-refractivity contribution in [1.82, 2.24) is 9.97 Å². The van der Waals surface area contributed by atoms with E-state index in [-0.39, 0.29) is 11.1 Å². The second-order valence-electron chi connectivity index (χ2n) is 7.76. The molecule has 4 aromatic rings. The number of benzene rings is 2. The van der Waals surface area contributed by atoms with Crippen molar-refractivity contribution < 1.29 is 35.5 Å². The van der Waals surface area contributed by atoms with Crippen molar-refractivity contribution in [3.05, 3.63) is 107 Å². The van der Waals surface area contributed by atoms with Gasteiger partial charge in [0.15, 0.2) is 5.78 Å². The van der Waals surface area contributed by atoms with Gasteiger partial charge in [0.05, 0.1) is 22.3 Å². The third-order valence-corrected chi connectivity index (χ3v) is 5.49. The lowest BCUT2D eigenvalue weighted by Gasteiger charge is -2.21. The molecule has 3 nitrogen and oxygen atoms in total. The highest BCUT2D eigenvalue weighted by Gasteiger charge is 2.38. The number of Topliss-reactive ketones (excluding diaryl/α,β-unsaturated/α-hetero) is 1. The molecule has 10 heteroatoms. The average molecular weight is 492 g/mol. The number of carbonyl (C=O) groups excluding carboxylic acids is 1. The summed E-state index contributed by atoms with van der Waals surface area (Å²) in [6.07, 6.45) is -7.81. The maximum atomic E-state index is 14.3. The molecule has 2 heterocycles. The van der Waals surface area contributed by atoms with Crippen LogP contribution in [-0.2, 0) is 12.4 Å². The number of fused-ring (bicyclic) bond motifs is 1. The molecule has 1 atom stereocenters. The molecule has 4 rings (SSSR count). The highest BCUT2D eigenvalue weighted by molar-refractivity contribution is 6.00. The molecule has 35 heavy (non-hydrogen) atoms. The van der Waals surface area contributed by atoms with E-state index in [1.54, 1.807) is 24.4 Å². The maximum Gasteiger partial charge on any atom is 0.419 e. The number of halogens is 7. The highest BCUT2D eigenvalue weighted by atomic mass is 19.4. The summed E-state index contributed by atoms with van der Waals surface area (Å²) in [5.41, 5.74) is -2.81. The first-order valence-corrected chi connectivity index (χ1v) is 10.2. The van der Waals surface area contributed by atoms with Gasteiger partial charge >= 0.3 is 12.4 Å². The zero-order chi connectivity index (χ0) is 25.4. The van der Waals surface area contributed by atoms with Crippen LogP contribution >= 0.6 is 0 Å². The van der Waals surface area contributed by atoms with Gasteiger partial charge in [0, 0.05) is 35.7 Å². The van der Waals surface area contributed by atoms with Crippen molar-refractivity contribution in [2.75, 3.05) is 0 Å². The van der Waals surface area contributed by atoms with Crippen molar-refractivity contribution in [3.8, 4) is 0 Å². The summed E-state index contributed by atoms with van der Waals surface area (Å²) >= 11 is 0. The lowest BCUT2D eigenvalue weighted by atomic mass is 9.85. The number of ketones is 1. The van der Waals surface area contributed by atoms with E-state index in [9.17, 15) is 35.5 Å². The Morgan fingerprint density at radius 1 is 0.800 bits per heavy atom. The normalized spacial score (nSPS) is 13.1. The molecule has 0 saturated carbocycles. The van der Waals surface area contributed by atoms with Crippen molar-refractivity contribution in [2.24, 2.45) is 0 Å². The van der Waals surface area contributed by atoms with E-state index in [2.05, 4.69) is 9.97 Å². The summed E-state index contributed by atoms with van der Waals surface area (Å²) in [4.78, 5) is 21.0. The third-order valence-electron chi connectivity index (χ3n) is 5.49. The van der Waals surface area contributed by atoms with Crippen LogP contribution in [0.5, 0.6) is 0 Å². The van der Waals surface area contributed by atoms with Crippen LogP contribution in [0, 0.1) is 5.82 Å². The van der Waals surface area contributed by atoms with Crippen LogP contribution in [0.3, 0.4) is 0 Å². The fourth-order valence-corrected chi connectivity index (χ4v) is 3.84. The summed E-state index contributed by atoms with van der Waals surface area (Å²) in [5.74, 6) is -3.71. The predicted octanol–water partition coefficient (Wildman–Crippen LogP) is 7.21. The molecule has 0 spiro atoms. The maximum absolute atomic E-state index is 14.3. The van der Waals surface area contributed by atoms with Gasteiger partial charge in [-0.1, -0.05) is 12.1 Å². The smallest absolute Gasteiger partial charge is 0.294 e. The molecule has 0 N–H and O–H groups in total. The minimum atomic E-state index is -4.99. The van der Waals surface area contributed by atoms with Crippen LogP contribution in [-0.4, -0.2) is 15.8 Å². The van der Waals surface area contributed by atoms with Gasteiger partial charge in [0.25, 0.3) is 0 Å². The van der Waals surface area contributed by atoms with Gasteiger partial charge in [0.1, 0.15) is 5.82 Å². The molecule has 0 aliphatic heterocycles. The van der Waals surface area contributed by atoms with Crippen LogP contribution in [0.2, 0.25) is 0 Å². The summed E-state index contributed by atoms with van der Waals surface area (Å²) in [6.45, 7) is 0. The SMILES string of the molecule is O=C(C[C@@H](c1ccc(C(F)(F)F)c(F)c1)c1ncccc1C(F)(F)F)c1ccc2ncccc2c1. The molecule has 2 aromatic carbocycles. The van der Waals surface area contributed by atoms with Crippen molar-refractivity contribution in [2.45, 2.75) is 24.7 Å². The zero-order valence-electron chi connectivity index (χ0n) is 17.7. The quantitative estimate of drug-likeness (QED) is 0.218. The minimum absolute atomic E-state index is 0.160. The van der Waals surface area contributed by atoms with Crippen LogP contribution < -0.4 is 0 Å². The number of aromatic nitrogens is 2. The number of carbonyl (C=O) groups is 1. The van der Waals surface area contributed by atoms with Gasteiger partial charge in [-0.05, 0) is 54.1 Å². The zero-order valence-corrected chi connectivity index (χ0v) is 17.7. The molecule has 0 aliphatic carbocycles. The molecule has 0 unspecified atom stereocenters. The molecule has 0 saturated heterocycles. The number of nitrogens with zero attached hydrogens (tertiary/aromatic N) is 2. The van der Waals surface area contributed by atoms with Crippen molar-refractivity contribution >= 4 is 16.7 Å². The molecule has 0 radical (unpaired) electrons. The Kier molecular flexibility index (Phi) is 6.31. The Hall–Kier alpha value is -3.82. The van der Waals surface area contributed by atoms with E-state index in [4.69, 9.17) is 0 Å². The third kappa shape index (κ3) is 5.16. The fourth-order valence-electron chi connectivity index (χ4n) is 3.84. The molecule has 0 fully saturated rings. The van der Waals surface area contributed by atoms with Crippen LogP contribution in [0.25, 0.3) is 10.9 Å². The molecule has 0 aliphatic rings. The number of rotatable bonds is 5. The van der Waals surface area contributed by atoms with Gasteiger partial charge in [-0.3, -0.25) is 14.8 Å².